The molecule has 1 aliphatic rings. The molecule has 1 unspecified atom stereocenters. The van der Waals surface area contributed by atoms with Gasteiger partial charge in [-0.15, -0.1) is 0 Å². The number of aryl methyl sites for hydroxylation is 1. The maximum absolute atomic E-state index is 12.0. The Labute approximate surface area is 118 Å². The zero-order valence-electron chi connectivity index (χ0n) is 11.6. The minimum Gasteiger partial charge on any atom is -0.391 e. The number of H-pyrrole nitrogens is 1. The van der Waals surface area contributed by atoms with Crippen molar-refractivity contribution in [2.45, 2.75) is 32.3 Å². The molecule has 1 aliphatic carbocycles. The molecular weight excluding hydrogens is 252 g/mol. The molecule has 106 valence electrons. The summed E-state index contributed by atoms with van der Waals surface area (Å²) in [7, 11) is 0. The smallest absolute Gasteiger partial charge is 0.224 e. The third-order valence-electron chi connectivity index (χ3n) is 4.04. The van der Waals surface area contributed by atoms with E-state index in [4.69, 9.17) is 0 Å². The van der Waals surface area contributed by atoms with E-state index in [0.717, 1.165) is 35.0 Å². The van der Waals surface area contributed by atoms with Crippen molar-refractivity contribution in [3.8, 4) is 0 Å². The third-order valence-corrected chi connectivity index (χ3v) is 4.04. The minimum atomic E-state index is -0.386. The predicted molar refractivity (Wildman–Crippen MR) is 78.5 cm³/mol. The summed E-state index contributed by atoms with van der Waals surface area (Å²) in [6, 6.07) is 8.00. The predicted octanol–water partition coefficient (Wildman–Crippen LogP) is 1.91. The van der Waals surface area contributed by atoms with Crippen LogP contribution >= 0.6 is 0 Å². The number of benzene rings is 1. The zero-order valence-corrected chi connectivity index (χ0v) is 11.6. The number of carbonyl (C=O) groups is 1. The summed E-state index contributed by atoms with van der Waals surface area (Å²) in [5, 5.41) is 13.7. The van der Waals surface area contributed by atoms with Crippen LogP contribution in [0.3, 0.4) is 0 Å². The molecule has 1 heterocycles. The highest BCUT2D eigenvalue weighted by Gasteiger charge is 2.29. The van der Waals surface area contributed by atoms with Crippen molar-refractivity contribution in [3.05, 3.63) is 35.5 Å². The fraction of sp³-hybridized carbons (Fsp3) is 0.438. The summed E-state index contributed by atoms with van der Waals surface area (Å²) in [5.74, 6) is 0.364. The van der Waals surface area contributed by atoms with Crippen LogP contribution < -0.4 is 5.32 Å². The SMILES string of the molecule is Cc1[nH]c2ccccc2c1CC(=O)NCC(O)C1CC1. The summed E-state index contributed by atoms with van der Waals surface area (Å²) >= 11 is 0. The number of aromatic amines is 1. The molecule has 1 atom stereocenters. The molecule has 3 N–H and O–H groups in total. The molecule has 0 aliphatic heterocycles. The molecule has 4 heteroatoms. The van der Waals surface area contributed by atoms with Crippen LogP contribution in [0.15, 0.2) is 24.3 Å². The lowest BCUT2D eigenvalue weighted by atomic mass is 10.1. The van der Waals surface area contributed by atoms with Gasteiger partial charge in [0.25, 0.3) is 0 Å². The standard InChI is InChI=1S/C16H20N2O2/c1-10-13(12-4-2-3-5-14(12)18-10)8-16(20)17-9-15(19)11-6-7-11/h2-5,11,15,18-19H,6-9H2,1H3,(H,17,20). The Morgan fingerprint density at radius 3 is 2.95 bits per heavy atom. The molecule has 0 bridgehead atoms. The second-order valence-electron chi connectivity index (χ2n) is 5.66. The number of hydrogen-bond acceptors (Lipinski definition) is 2. The van der Waals surface area contributed by atoms with E-state index in [1.165, 1.54) is 0 Å². The van der Waals surface area contributed by atoms with Crippen LogP contribution in [0.4, 0.5) is 0 Å². The van der Waals surface area contributed by atoms with Crippen molar-refractivity contribution < 1.29 is 9.90 Å². The molecule has 0 radical (unpaired) electrons. The molecule has 0 spiro atoms. The van der Waals surface area contributed by atoms with Crippen LogP contribution in [-0.2, 0) is 11.2 Å². The summed E-state index contributed by atoms with van der Waals surface area (Å²) in [6.07, 6.45) is 2.13. The van der Waals surface area contributed by atoms with Crippen LogP contribution in [0, 0.1) is 12.8 Å². The Kier molecular flexibility index (Phi) is 3.49. The Balaban J connectivity index is 1.66. The molecule has 0 saturated heterocycles. The first kappa shape index (κ1) is 13.2. The molecule has 1 saturated carbocycles. The maximum atomic E-state index is 12.0. The van der Waals surface area contributed by atoms with Gasteiger partial charge in [-0.25, -0.2) is 0 Å². The van der Waals surface area contributed by atoms with Gasteiger partial charge in [0.1, 0.15) is 0 Å². The minimum absolute atomic E-state index is 0.0300. The van der Waals surface area contributed by atoms with Gasteiger partial charge in [-0.05, 0) is 37.3 Å². The van der Waals surface area contributed by atoms with Crippen molar-refractivity contribution in [2.24, 2.45) is 5.92 Å². The average Bonchev–Trinajstić information content (AvgIpc) is 3.23. The van der Waals surface area contributed by atoms with Gasteiger partial charge in [0.2, 0.25) is 5.91 Å². The highest BCUT2D eigenvalue weighted by molar-refractivity contribution is 5.90. The average molecular weight is 272 g/mol. The number of amides is 1. The molecule has 2 aromatic rings. The number of aliphatic hydroxyl groups is 1. The van der Waals surface area contributed by atoms with E-state index in [2.05, 4.69) is 10.3 Å². The van der Waals surface area contributed by atoms with Crippen LogP contribution in [0.25, 0.3) is 10.9 Å². The van der Waals surface area contributed by atoms with E-state index in [1.807, 2.05) is 31.2 Å². The number of aliphatic hydroxyl groups excluding tert-OH is 1. The summed E-state index contributed by atoms with van der Waals surface area (Å²) in [6.45, 7) is 2.35. The van der Waals surface area contributed by atoms with Gasteiger partial charge in [0.05, 0.1) is 12.5 Å². The van der Waals surface area contributed by atoms with Crippen LogP contribution in [0.2, 0.25) is 0 Å². The van der Waals surface area contributed by atoms with E-state index in [1.54, 1.807) is 0 Å². The number of para-hydroxylation sites is 1. The van der Waals surface area contributed by atoms with E-state index in [9.17, 15) is 9.90 Å². The Hall–Kier alpha value is -1.81. The fourth-order valence-corrected chi connectivity index (χ4v) is 2.65. The summed E-state index contributed by atoms with van der Waals surface area (Å²) in [5.41, 5.74) is 3.13. The molecule has 1 amide bonds. The second-order valence-corrected chi connectivity index (χ2v) is 5.66. The highest BCUT2D eigenvalue weighted by Crippen LogP contribution is 2.32. The van der Waals surface area contributed by atoms with Gasteiger partial charge in [-0.2, -0.15) is 0 Å². The Morgan fingerprint density at radius 1 is 1.45 bits per heavy atom. The van der Waals surface area contributed by atoms with Gasteiger partial charge < -0.3 is 15.4 Å². The van der Waals surface area contributed by atoms with Gasteiger partial charge in [0, 0.05) is 23.1 Å². The van der Waals surface area contributed by atoms with Crippen molar-refractivity contribution in [3.63, 3.8) is 0 Å². The first-order chi connectivity index (χ1) is 9.65. The Morgan fingerprint density at radius 2 is 2.20 bits per heavy atom. The van der Waals surface area contributed by atoms with Crippen molar-refractivity contribution >= 4 is 16.8 Å². The molecule has 20 heavy (non-hydrogen) atoms. The monoisotopic (exact) mass is 272 g/mol. The van der Waals surface area contributed by atoms with E-state index in [-0.39, 0.29) is 12.0 Å². The Bertz CT molecular complexity index is 628. The van der Waals surface area contributed by atoms with Crippen LogP contribution in [-0.4, -0.2) is 28.6 Å². The number of hydrogen-bond donors (Lipinski definition) is 3. The quantitative estimate of drug-likeness (QED) is 0.778. The van der Waals surface area contributed by atoms with Crippen molar-refractivity contribution in [2.75, 3.05) is 6.54 Å². The molecule has 3 rings (SSSR count). The van der Waals surface area contributed by atoms with Crippen molar-refractivity contribution in [1.29, 1.82) is 0 Å². The maximum Gasteiger partial charge on any atom is 0.224 e. The topological polar surface area (TPSA) is 65.1 Å². The van der Waals surface area contributed by atoms with Gasteiger partial charge in [-0.3, -0.25) is 4.79 Å². The van der Waals surface area contributed by atoms with Gasteiger partial charge in [0.15, 0.2) is 0 Å². The number of aromatic nitrogens is 1. The first-order valence-corrected chi connectivity index (χ1v) is 7.16. The highest BCUT2D eigenvalue weighted by atomic mass is 16.3. The molecule has 1 aromatic carbocycles. The molecule has 1 aromatic heterocycles. The van der Waals surface area contributed by atoms with Crippen LogP contribution in [0.1, 0.15) is 24.1 Å². The van der Waals surface area contributed by atoms with Gasteiger partial charge >= 0.3 is 0 Å². The lowest BCUT2D eigenvalue weighted by Crippen LogP contribution is -2.34. The summed E-state index contributed by atoms with van der Waals surface area (Å²) < 4.78 is 0. The number of nitrogens with one attached hydrogen (secondary N) is 2. The summed E-state index contributed by atoms with van der Waals surface area (Å²) in [4.78, 5) is 15.3. The first-order valence-electron chi connectivity index (χ1n) is 7.16. The lowest BCUT2D eigenvalue weighted by molar-refractivity contribution is -0.120. The number of carbonyl (C=O) groups excluding carboxylic acids is 1. The number of fused-ring (bicyclic) bond motifs is 1. The second kappa shape index (κ2) is 5.29. The van der Waals surface area contributed by atoms with E-state index < -0.39 is 0 Å². The lowest BCUT2D eigenvalue weighted by Gasteiger charge is -2.10. The zero-order chi connectivity index (χ0) is 14.1. The van der Waals surface area contributed by atoms with E-state index >= 15 is 0 Å². The normalized spacial score (nSPS) is 16.3. The van der Waals surface area contributed by atoms with Crippen LogP contribution in [0.5, 0.6) is 0 Å². The fourth-order valence-electron chi connectivity index (χ4n) is 2.65. The van der Waals surface area contributed by atoms with Gasteiger partial charge in [-0.1, -0.05) is 18.2 Å². The largest absolute Gasteiger partial charge is 0.391 e. The molecular formula is C16H20N2O2. The third kappa shape index (κ3) is 2.70. The molecule has 1 fully saturated rings. The number of rotatable bonds is 5. The van der Waals surface area contributed by atoms with E-state index in [0.29, 0.717) is 18.9 Å². The molecule has 4 nitrogen and oxygen atoms in total. The van der Waals surface area contributed by atoms with Crippen molar-refractivity contribution in [1.82, 2.24) is 10.3 Å².